The summed E-state index contributed by atoms with van der Waals surface area (Å²) in [6, 6.07) is 0. The minimum atomic E-state index is 0.0650. The molecule has 0 unspecified atom stereocenters. The minimum Gasteiger partial charge on any atom is -0.330 e. The molecular weight excluding hydrogens is 174 g/mol. The molecule has 0 radical (unpaired) electrons. The van der Waals surface area contributed by atoms with Crippen molar-refractivity contribution >= 4 is 0 Å². The summed E-state index contributed by atoms with van der Waals surface area (Å²) in [4.78, 5) is 0. The van der Waals surface area contributed by atoms with Crippen LogP contribution in [0.25, 0.3) is 0 Å². The molecule has 5 N–H and O–H groups in total. The zero-order chi connectivity index (χ0) is 10.9. The summed E-state index contributed by atoms with van der Waals surface area (Å²) in [5.74, 6) is 0. The minimum absolute atomic E-state index is 0.0650. The van der Waals surface area contributed by atoms with E-state index in [4.69, 9.17) is 11.5 Å². The van der Waals surface area contributed by atoms with Crippen molar-refractivity contribution < 1.29 is 0 Å². The highest BCUT2D eigenvalue weighted by atomic mass is 14.8. The molecule has 0 amide bonds. The van der Waals surface area contributed by atoms with Gasteiger partial charge in [-0.05, 0) is 51.7 Å². The molecule has 0 rings (SSSR count). The molecule has 3 nitrogen and oxygen atoms in total. The molecule has 0 aliphatic carbocycles. The number of rotatable bonds is 9. The predicted octanol–water partition coefficient (Wildman–Crippen LogP) is 1.22. The second-order valence-corrected chi connectivity index (χ2v) is 4.07. The van der Waals surface area contributed by atoms with Gasteiger partial charge in [0.15, 0.2) is 0 Å². The topological polar surface area (TPSA) is 64.1 Å². The Hall–Kier alpha value is -0.120. The number of nitrogens with one attached hydrogen (secondary N) is 1. The molecular formula is C11H27N3. The van der Waals surface area contributed by atoms with Gasteiger partial charge in [-0.3, -0.25) is 0 Å². The molecule has 0 aliphatic rings. The first-order valence-electron chi connectivity index (χ1n) is 5.88. The van der Waals surface area contributed by atoms with E-state index in [1.54, 1.807) is 0 Å². The van der Waals surface area contributed by atoms with Crippen LogP contribution in [-0.4, -0.2) is 25.2 Å². The van der Waals surface area contributed by atoms with Crippen LogP contribution in [0.15, 0.2) is 0 Å². The van der Waals surface area contributed by atoms with Crippen LogP contribution >= 0.6 is 0 Å². The van der Waals surface area contributed by atoms with E-state index in [0.717, 1.165) is 45.3 Å². The maximum absolute atomic E-state index is 6.19. The van der Waals surface area contributed by atoms with Gasteiger partial charge in [-0.1, -0.05) is 13.8 Å². The molecule has 0 aliphatic heterocycles. The van der Waals surface area contributed by atoms with Crippen molar-refractivity contribution in [1.29, 1.82) is 0 Å². The van der Waals surface area contributed by atoms with Crippen LogP contribution in [0.3, 0.4) is 0 Å². The van der Waals surface area contributed by atoms with Crippen molar-refractivity contribution in [3.05, 3.63) is 0 Å². The molecule has 0 aromatic carbocycles. The summed E-state index contributed by atoms with van der Waals surface area (Å²) >= 11 is 0. The molecule has 86 valence electrons. The van der Waals surface area contributed by atoms with Gasteiger partial charge in [-0.15, -0.1) is 0 Å². The lowest BCUT2D eigenvalue weighted by molar-refractivity contribution is 0.354. The first-order valence-corrected chi connectivity index (χ1v) is 5.88. The summed E-state index contributed by atoms with van der Waals surface area (Å²) in [7, 11) is 0. The molecule has 0 aromatic heterocycles. The van der Waals surface area contributed by atoms with Crippen LogP contribution < -0.4 is 16.8 Å². The lowest BCUT2D eigenvalue weighted by Crippen LogP contribution is -2.38. The Balaban J connectivity index is 3.34. The summed E-state index contributed by atoms with van der Waals surface area (Å²) in [5, 5.41) is 3.37. The molecule has 0 bridgehead atoms. The Bertz CT molecular complexity index is 122. The van der Waals surface area contributed by atoms with E-state index in [1.165, 1.54) is 6.42 Å². The third-order valence-electron chi connectivity index (χ3n) is 2.99. The highest BCUT2D eigenvalue weighted by molar-refractivity contribution is 4.80. The predicted molar refractivity (Wildman–Crippen MR) is 63.3 cm³/mol. The average molecular weight is 201 g/mol. The third kappa shape index (κ3) is 6.35. The van der Waals surface area contributed by atoms with Crippen LogP contribution in [0.2, 0.25) is 0 Å². The summed E-state index contributed by atoms with van der Waals surface area (Å²) in [6.45, 7) is 7.22. The van der Waals surface area contributed by atoms with E-state index >= 15 is 0 Å². The summed E-state index contributed by atoms with van der Waals surface area (Å²) in [5.41, 5.74) is 11.7. The molecule has 14 heavy (non-hydrogen) atoms. The van der Waals surface area contributed by atoms with Crippen molar-refractivity contribution in [3.8, 4) is 0 Å². The Labute approximate surface area is 88.6 Å². The van der Waals surface area contributed by atoms with E-state index in [1.807, 2.05) is 0 Å². The van der Waals surface area contributed by atoms with Crippen molar-refractivity contribution in [2.24, 2.45) is 11.5 Å². The molecule has 0 atom stereocenters. The van der Waals surface area contributed by atoms with Crippen LogP contribution in [0, 0.1) is 0 Å². The largest absolute Gasteiger partial charge is 0.330 e. The molecule has 0 saturated carbocycles. The van der Waals surface area contributed by atoms with Crippen molar-refractivity contribution in [2.75, 3.05) is 19.6 Å². The number of nitrogens with two attached hydrogens (primary N) is 2. The lowest BCUT2D eigenvalue weighted by atomic mass is 9.89. The maximum atomic E-state index is 6.19. The molecule has 0 spiro atoms. The van der Waals surface area contributed by atoms with Crippen LogP contribution in [0.4, 0.5) is 0 Å². The Morgan fingerprint density at radius 2 is 1.64 bits per heavy atom. The Morgan fingerprint density at radius 1 is 1.07 bits per heavy atom. The van der Waals surface area contributed by atoms with Gasteiger partial charge in [0, 0.05) is 5.54 Å². The Kier molecular flexibility index (Phi) is 8.14. The first-order chi connectivity index (χ1) is 6.68. The summed E-state index contributed by atoms with van der Waals surface area (Å²) in [6.07, 6.45) is 5.51. The molecule has 0 saturated heterocycles. The van der Waals surface area contributed by atoms with Gasteiger partial charge in [0.1, 0.15) is 0 Å². The maximum Gasteiger partial charge on any atom is 0.0149 e. The normalized spacial score (nSPS) is 12.0. The smallest absolute Gasteiger partial charge is 0.0149 e. The van der Waals surface area contributed by atoms with E-state index in [9.17, 15) is 0 Å². The van der Waals surface area contributed by atoms with Gasteiger partial charge < -0.3 is 16.8 Å². The van der Waals surface area contributed by atoms with E-state index in [0.29, 0.717) is 0 Å². The number of hydrogen-bond acceptors (Lipinski definition) is 3. The quantitative estimate of drug-likeness (QED) is 0.492. The van der Waals surface area contributed by atoms with Gasteiger partial charge in [-0.2, -0.15) is 0 Å². The molecule has 0 heterocycles. The third-order valence-corrected chi connectivity index (χ3v) is 2.99. The van der Waals surface area contributed by atoms with Gasteiger partial charge in [-0.25, -0.2) is 0 Å². The second-order valence-electron chi connectivity index (χ2n) is 4.07. The van der Waals surface area contributed by atoms with Gasteiger partial charge in [0.2, 0.25) is 0 Å². The fraction of sp³-hybridized carbons (Fsp3) is 1.00. The fourth-order valence-corrected chi connectivity index (χ4v) is 1.52. The second kappa shape index (κ2) is 8.21. The first kappa shape index (κ1) is 13.9. The average Bonchev–Trinajstić information content (AvgIpc) is 2.23. The zero-order valence-corrected chi connectivity index (χ0v) is 9.81. The standard InChI is InChI=1S/C11H27N3/c1-3-11(13,4-2)7-5-9-14-10-6-8-12/h14H,3-10,12-13H2,1-2H3. The zero-order valence-electron chi connectivity index (χ0n) is 9.81. The van der Waals surface area contributed by atoms with E-state index in [-0.39, 0.29) is 5.54 Å². The molecule has 3 heteroatoms. The SMILES string of the molecule is CCC(N)(CC)CCCNCCCN. The van der Waals surface area contributed by atoms with Crippen molar-refractivity contribution in [2.45, 2.75) is 51.5 Å². The van der Waals surface area contributed by atoms with Gasteiger partial charge >= 0.3 is 0 Å². The summed E-state index contributed by atoms with van der Waals surface area (Å²) < 4.78 is 0. The number of hydrogen-bond donors (Lipinski definition) is 3. The lowest BCUT2D eigenvalue weighted by Gasteiger charge is -2.26. The van der Waals surface area contributed by atoms with Gasteiger partial charge in [0.25, 0.3) is 0 Å². The molecule has 0 aromatic rings. The van der Waals surface area contributed by atoms with Crippen molar-refractivity contribution in [1.82, 2.24) is 5.32 Å². The van der Waals surface area contributed by atoms with E-state index < -0.39 is 0 Å². The highest BCUT2D eigenvalue weighted by Crippen LogP contribution is 2.17. The van der Waals surface area contributed by atoms with Gasteiger partial charge in [0.05, 0.1) is 0 Å². The molecule has 0 fully saturated rings. The Morgan fingerprint density at radius 3 is 2.14 bits per heavy atom. The monoisotopic (exact) mass is 201 g/mol. The highest BCUT2D eigenvalue weighted by Gasteiger charge is 2.18. The van der Waals surface area contributed by atoms with Crippen LogP contribution in [0.5, 0.6) is 0 Å². The van der Waals surface area contributed by atoms with Crippen molar-refractivity contribution in [3.63, 3.8) is 0 Å². The fourth-order valence-electron chi connectivity index (χ4n) is 1.52. The van der Waals surface area contributed by atoms with E-state index in [2.05, 4.69) is 19.2 Å². The van der Waals surface area contributed by atoms with Crippen LogP contribution in [0.1, 0.15) is 46.0 Å². The van der Waals surface area contributed by atoms with Crippen LogP contribution in [-0.2, 0) is 0 Å².